The van der Waals surface area contributed by atoms with Crippen LogP contribution in [0.4, 0.5) is 0 Å². The molecule has 0 aliphatic heterocycles. The second-order valence-corrected chi connectivity index (χ2v) is 4.81. The first-order chi connectivity index (χ1) is 11.9. The first-order valence-electron chi connectivity index (χ1n) is 7.71. The molecule has 1 rings (SSSR count). The quantitative estimate of drug-likeness (QED) is 0.374. The molecule has 0 bridgehead atoms. The van der Waals surface area contributed by atoms with E-state index in [9.17, 15) is 14.4 Å². The minimum atomic E-state index is -1.37. The number of carbonyl (C=O) groups is 3. The molecule has 0 fully saturated rings. The van der Waals surface area contributed by atoms with Gasteiger partial charge in [-0.2, -0.15) is 0 Å². The van der Waals surface area contributed by atoms with E-state index in [0.29, 0.717) is 5.57 Å². The Bertz CT molecular complexity index is 634. The van der Waals surface area contributed by atoms with Crippen molar-refractivity contribution in [1.82, 2.24) is 0 Å². The molecule has 0 radical (unpaired) electrons. The molecule has 0 spiro atoms. The van der Waals surface area contributed by atoms with Crippen molar-refractivity contribution in [3.8, 4) is 0 Å². The van der Waals surface area contributed by atoms with E-state index in [0.717, 1.165) is 6.08 Å². The van der Waals surface area contributed by atoms with Crippen molar-refractivity contribution in [3.63, 3.8) is 0 Å². The van der Waals surface area contributed by atoms with Gasteiger partial charge >= 0.3 is 11.9 Å². The van der Waals surface area contributed by atoms with Crippen LogP contribution in [0.2, 0.25) is 0 Å². The van der Waals surface area contributed by atoms with Gasteiger partial charge in [-0.15, -0.1) is 0 Å². The molecular weight excluding hydrogens is 328 g/mol. The standard InChI is InChI=1S/C18H22O7/c1-5-24-16(20)9-7-13-12-18(22-3,23-4)14(11-15(13)19)8-10-17(21)25-6-2/h7-12H,5-6H2,1-4H3/b9-7+,10-8+. The summed E-state index contributed by atoms with van der Waals surface area (Å²) >= 11 is 0. The number of carbonyl (C=O) groups excluding carboxylic acids is 3. The van der Waals surface area contributed by atoms with Crippen LogP contribution in [0.3, 0.4) is 0 Å². The molecule has 0 heterocycles. The summed E-state index contributed by atoms with van der Waals surface area (Å²) in [6.07, 6.45) is 7.75. The Labute approximate surface area is 146 Å². The van der Waals surface area contributed by atoms with Crippen molar-refractivity contribution in [2.75, 3.05) is 27.4 Å². The Hall–Kier alpha value is -2.51. The van der Waals surface area contributed by atoms with E-state index in [1.165, 1.54) is 44.6 Å². The van der Waals surface area contributed by atoms with E-state index in [4.69, 9.17) is 18.9 Å². The normalized spacial score (nSPS) is 16.7. The van der Waals surface area contributed by atoms with Gasteiger partial charge in [-0.1, -0.05) is 0 Å². The lowest BCUT2D eigenvalue weighted by molar-refractivity contribution is -0.143. The monoisotopic (exact) mass is 350 g/mol. The summed E-state index contributed by atoms with van der Waals surface area (Å²) in [5.41, 5.74) is 0.522. The number of esters is 2. The van der Waals surface area contributed by atoms with Crippen LogP contribution >= 0.6 is 0 Å². The van der Waals surface area contributed by atoms with Crippen LogP contribution in [0.25, 0.3) is 0 Å². The highest BCUT2D eigenvalue weighted by Crippen LogP contribution is 2.31. The fourth-order valence-electron chi connectivity index (χ4n) is 2.11. The van der Waals surface area contributed by atoms with Gasteiger partial charge in [-0.3, -0.25) is 4.79 Å². The Morgan fingerprint density at radius 3 is 2.00 bits per heavy atom. The fourth-order valence-corrected chi connectivity index (χ4v) is 2.11. The molecule has 0 aromatic carbocycles. The molecule has 7 nitrogen and oxygen atoms in total. The van der Waals surface area contributed by atoms with Gasteiger partial charge in [0.15, 0.2) is 5.78 Å². The van der Waals surface area contributed by atoms with Crippen molar-refractivity contribution in [1.29, 1.82) is 0 Å². The predicted molar refractivity (Wildman–Crippen MR) is 89.5 cm³/mol. The first-order valence-corrected chi connectivity index (χ1v) is 7.71. The number of hydrogen-bond donors (Lipinski definition) is 0. The lowest BCUT2D eigenvalue weighted by Crippen LogP contribution is -2.37. The number of methoxy groups -OCH3 is 2. The summed E-state index contributed by atoms with van der Waals surface area (Å²) in [5.74, 6) is -2.85. The van der Waals surface area contributed by atoms with Crippen LogP contribution in [0.5, 0.6) is 0 Å². The zero-order valence-electron chi connectivity index (χ0n) is 14.7. The summed E-state index contributed by atoms with van der Waals surface area (Å²) in [5, 5.41) is 0. The Morgan fingerprint density at radius 2 is 1.52 bits per heavy atom. The van der Waals surface area contributed by atoms with Crippen LogP contribution in [0, 0.1) is 0 Å². The van der Waals surface area contributed by atoms with Crippen molar-refractivity contribution in [3.05, 3.63) is 47.6 Å². The Morgan fingerprint density at radius 1 is 1.00 bits per heavy atom. The van der Waals surface area contributed by atoms with E-state index < -0.39 is 17.7 Å². The molecule has 0 aromatic rings. The zero-order valence-corrected chi connectivity index (χ0v) is 14.7. The van der Waals surface area contributed by atoms with Crippen molar-refractivity contribution < 1.29 is 33.3 Å². The van der Waals surface area contributed by atoms with E-state index in [-0.39, 0.29) is 24.6 Å². The third kappa shape index (κ3) is 5.51. The van der Waals surface area contributed by atoms with Crippen LogP contribution < -0.4 is 0 Å². The number of rotatable bonds is 8. The van der Waals surface area contributed by atoms with Gasteiger partial charge in [-0.05, 0) is 38.2 Å². The molecule has 0 amide bonds. The maximum absolute atomic E-state index is 12.3. The molecule has 136 valence electrons. The maximum atomic E-state index is 12.3. The molecule has 1 aliphatic carbocycles. The highest BCUT2D eigenvalue weighted by Gasteiger charge is 2.36. The molecule has 0 saturated carbocycles. The molecular formula is C18H22O7. The average molecular weight is 350 g/mol. The average Bonchev–Trinajstić information content (AvgIpc) is 2.59. The fraction of sp³-hybridized carbons (Fsp3) is 0.389. The van der Waals surface area contributed by atoms with Gasteiger partial charge in [-0.25, -0.2) is 9.59 Å². The summed E-state index contributed by atoms with van der Waals surface area (Å²) in [6, 6.07) is 0. The minimum Gasteiger partial charge on any atom is -0.463 e. The lowest BCUT2D eigenvalue weighted by atomic mass is 9.92. The number of ketones is 1. The minimum absolute atomic E-state index is 0.199. The van der Waals surface area contributed by atoms with Gasteiger partial charge in [0.2, 0.25) is 5.79 Å². The lowest BCUT2D eigenvalue weighted by Gasteiger charge is -2.31. The third-order valence-corrected chi connectivity index (χ3v) is 3.30. The molecule has 25 heavy (non-hydrogen) atoms. The molecule has 0 aromatic heterocycles. The van der Waals surface area contributed by atoms with Crippen molar-refractivity contribution in [2.24, 2.45) is 0 Å². The van der Waals surface area contributed by atoms with E-state index in [1.807, 2.05) is 0 Å². The molecule has 0 saturated heterocycles. The van der Waals surface area contributed by atoms with Crippen LogP contribution in [-0.4, -0.2) is 50.9 Å². The van der Waals surface area contributed by atoms with Gasteiger partial charge in [0, 0.05) is 37.5 Å². The van der Waals surface area contributed by atoms with E-state index in [2.05, 4.69) is 0 Å². The molecule has 1 aliphatic rings. The highest BCUT2D eigenvalue weighted by atomic mass is 16.7. The van der Waals surface area contributed by atoms with Crippen LogP contribution in [0.1, 0.15) is 13.8 Å². The molecule has 0 unspecified atom stereocenters. The predicted octanol–water partition coefficient (Wildman–Crippen LogP) is 1.65. The highest BCUT2D eigenvalue weighted by molar-refractivity contribution is 6.09. The first kappa shape index (κ1) is 20.5. The van der Waals surface area contributed by atoms with Gasteiger partial charge in [0.25, 0.3) is 0 Å². The molecule has 0 N–H and O–H groups in total. The summed E-state index contributed by atoms with van der Waals surface area (Å²) in [6.45, 7) is 3.85. The second kappa shape index (κ2) is 9.71. The third-order valence-electron chi connectivity index (χ3n) is 3.30. The largest absolute Gasteiger partial charge is 0.463 e. The van der Waals surface area contributed by atoms with Gasteiger partial charge in [0.1, 0.15) is 0 Å². The Balaban J connectivity index is 3.12. The van der Waals surface area contributed by atoms with Crippen molar-refractivity contribution >= 4 is 17.7 Å². The molecule has 7 heteroatoms. The number of ether oxygens (including phenoxy) is 4. The Kier molecular flexibility index (Phi) is 7.97. The van der Waals surface area contributed by atoms with Crippen LogP contribution in [0.15, 0.2) is 47.6 Å². The van der Waals surface area contributed by atoms with Gasteiger partial charge in [0.05, 0.1) is 13.2 Å². The number of hydrogen-bond acceptors (Lipinski definition) is 7. The number of allylic oxidation sites excluding steroid dienone is 3. The SMILES string of the molecule is CCOC(=O)/C=C/C1=CC(OC)(OC)C(/C=C/C(=O)OCC)=CC1=O. The van der Waals surface area contributed by atoms with E-state index in [1.54, 1.807) is 13.8 Å². The zero-order chi connectivity index (χ0) is 18.9. The van der Waals surface area contributed by atoms with E-state index >= 15 is 0 Å². The smallest absolute Gasteiger partial charge is 0.330 e. The summed E-state index contributed by atoms with van der Waals surface area (Å²) in [7, 11) is 2.79. The second-order valence-electron chi connectivity index (χ2n) is 4.81. The van der Waals surface area contributed by atoms with Crippen LogP contribution in [-0.2, 0) is 33.3 Å². The van der Waals surface area contributed by atoms with Crippen molar-refractivity contribution in [2.45, 2.75) is 19.6 Å². The summed E-state index contributed by atoms with van der Waals surface area (Å²) in [4.78, 5) is 35.1. The van der Waals surface area contributed by atoms with Gasteiger partial charge < -0.3 is 18.9 Å². The maximum Gasteiger partial charge on any atom is 0.330 e. The summed E-state index contributed by atoms with van der Waals surface area (Å²) < 4.78 is 20.4. The topological polar surface area (TPSA) is 88.1 Å². The molecule has 0 atom stereocenters.